The number of ether oxygens (including phenoxy) is 1. The van der Waals surface area contributed by atoms with Crippen molar-refractivity contribution in [2.45, 2.75) is 24.4 Å². The second-order valence-corrected chi connectivity index (χ2v) is 8.82. The van der Waals surface area contributed by atoms with E-state index in [1.165, 1.54) is 24.8 Å². The van der Waals surface area contributed by atoms with Crippen LogP contribution in [-0.4, -0.2) is 63.5 Å². The highest BCUT2D eigenvalue weighted by atomic mass is 32.2. The Morgan fingerprint density at radius 2 is 1.66 bits per heavy atom. The molecular formula is C21H27N3O4S. The fourth-order valence-electron chi connectivity index (χ4n) is 3.35. The molecule has 0 spiro atoms. The highest BCUT2D eigenvalue weighted by Crippen LogP contribution is 2.16. The Bertz CT molecular complexity index is 909. The Kier molecular flexibility index (Phi) is 6.89. The lowest BCUT2D eigenvalue weighted by Crippen LogP contribution is -2.53. The fraction of sp³-hybridized carbons (Fsp3) is 0.381. The largest absolute Gasteiger partial charge is 0.497 e. The number of benzene rings is 2. The topological polar surface area (TPSA) is 78.9 Å². The summed E-state index contributed by atoms with van der Waals surface area (Å²) in [6.07, 6.45) is 0. The van der Waals surface area contributed by atoms with Crippen molar-refractivity contribution in [2.24, 2.45) is 0 Å². The van der Waals surface area contributed by atoms with Gasteiger partial charge in [0.15, 0.2) is 0 Å². The van der Waals surface area contributed by atoms with Gasteiger partial charge in [0.1, 0.15) is 5.75 Å². The highest BCUT2D eigenvalue weighted by molar-refractivity contribution is 7.89. The van der Waals surface area contributed by atoms with Gasteiger partial charge in [-0.1, -0.05) is 30.3 Å². The first kappa shape index (κ1) is 21.3. The van der Waals surface area contributed by atoms with Gasteiger partial charge >= 0.3 is 0 Å². The van der Waals surface area contributed by atoms with E-state index in [4.69, 9.17) is 4.74 Å². The lowest BCUT2D eigenvalue weighted by atomic mass is 10.2. The van der Waals surface area contributed by atoms with Crippen molar-refractivity contribution in [3.05, 3.63) is 60.2 Å². The van der Waals surface area contributed by atoms with Crippen LogP contribution < -0.4 is 9.46 Å². The maximum Gasteiger partial charge on any atom is 0.241 e. The van der Waals surface area contributed by atoms with Gasteiger partial charge in [0.2, 0.25) is 15.9 Å². The third kappa shape index (κ3) is 5.56. The zero-order valence-corrected chi connectivity index (χ0v) is 17.6. The van der Waals surface area contributed by atoms with Crippen molar-refractivity contribution in [1.29, 1.82) is 0 Å². The number of methoxy groups -OCH3 is 1. The molecule has 8 heteroatoms. The molecule has 1 fully saturated rings. The van der Waals surface area contributed by atoms with E-state index in [0.717, 1.165) is 19.6 Å². The average Bonchev–Trinajstić information content (AvgIpc) is 2.74. The first-order valence-electron chi connectivity index (χ1n) is 9.60. The van der Waals surface area contributed by atoms with Gasteiger partial charge in [-0.2, -0.15) is 4.72 Å². The van der Waals surface area contributed by atoms with Gasteiger partial charge in [0.25, 0.3) is 0 Å². The smallest absolute Gasteiger partial charge is 0.241 e. The van der Waals surface area contributed by atoms with E-state index in [2.05, 4.69) is 21.8 Å². The van der Waals surface area contributed by atoms with Gasteiger partial charge in [-0.25, -0.2) is 8.42 Å². The fourth-order valence-corrected chi connectivity index (χ4v) is 4.54. The number of carbonyl (C=O) groups is 1. The number of rotatable bonds is 7. The summed E-state index contributed by atoms with van der Waals surface area (Å²) >= 11 is 0. The summed E-state index contributed by atoms with van der Waals surface area (Å²) in [7, 11) is -2.27. The van der Waals surface area contributed by atoms with Gasteiger partial charge in [-0.15, -0.1) is 0 Å². The van der Waals surface area contributed by atoms with Crippen molar-refractivity contribution < 1.29 is 17.9 Å². The van der Waals surface area contributed by atoms with E-state index in [9.17, 15) is 13.2 Å². The minimum atomic E-state index is -3.78. The molecule has 0 radical (unpaired) electrons. The molecule has 0 bridgehead atoms. The predicted octanol–water partition coefficient (Wildman–Crippen LogP) is 1.71. The minimum Gasteiger partial charge on any atom is -0.497 e. The molecule has 0 aromatic heterocycles. The number of hydrogen-bond donors (Lipinski definition) is 1. The van der Waals surface area contributed by atoms with Gasteiger partial charge in [0.05, 0.1) is 18.0 Å². The van der Waals surface area contributed by atoms with Crippen LogP contribution in [0.15, 0.2) is 59.5 Å². The first-order chi connectivity index (χ1) is 13.9. The Morgan fingerprint density at radius 1 is 1.03 bits per heavy atom. The summed E-state index contributed by atoms with van der Waals surface area (Å²) in [6, 6.07) is 15.5. The average molecular weight is 418 g/mol. The quantitative estimate of drug-likeness (QED) is 0.742. The number of nitrogens with one attached hydrogen (secondary N) is 1. The molecule has 1 amide bonds. The molecule has 1 heterocycles. The number of amides is 1. The van der Waals surface area contributed by atoms with E-state index < -0.39 is 16.1 Å². The summed E-state index contributed by atoms with van der Waals surface area (Å²) in [5.74, 6) is 0.364. The Balaban J connectivity index is 1.53. The number of nitrogens with zero attached hydrogens (tertiary/aromatic N) is 2. The summed E-state index contributed by atoms with van der Waals surface area (Å²) in [6.45, 7) is 5.12. The summed E-state index contributed by atoms with van der Waals surface area (Å²) in [4.78, 5) is 16.9. The number of sulfonamides is 1. The van der Waals surface area contributed by atoms with Crippen LogP contribution in [0.5, 0.6) is 5.75 Å². The Hall–Kier alpha value is -2.42. The van der Waals surface area contributed by atoms with Crippen molar-refractivity contribution in [1.82, 2.24) is 14.5 Å². The van der Waals surface area contributed by atoms with Crippen molar-refractivity contribution in [3.63, 3.8) is 0 Å². The molecule has 1 aliphatic heterocycles. The molecule has 1 aliphatic rings. The van der Waals surface area contributed by atoms with Crippen LogP contribution in [-0.2, 0) is 21.4 Å². The summed E-state index contributed by atoms with van der Waals surface area (Å²) in [5.41, 5.74) is 1.24. The summed E-state index contributed by atoms with van der Waals surface area (Å²) in [5, 5.41) is 0. The molecule has 0 unspecified atom stereocenters. The molecular weight excluding hydrogens is 390 g/mol. The Morgan fingerprint density at radius 3 is 2.24 bits per heavy atom. The predicted molar refractivity (Wildman–Crippen MR) is 111 cm³/mol. The number of carbonyl (C=O) groups excluding carboxylic acids is 1. The molecule has 3 rings (SSSR count). The van der Waals surface area contributed by atoms with Crippen molar-refractivity contribution in [3.8, 4) is 5.75 Å². The van der Waals surface area contributed by atoms with Crippen LogP contribution in [0.4, 0.5) is 0 Å². The van der Waals surface area contributed by atoms with Crippen molar-refractivity contribution >= 4 is 15.9 Å². The van der Waals surface area contributed by atoms with Crippen LogP contribution in [0.3, 0.4) is 0 Å². The van der Waals surface area contributed by atoms with E-state index in [1.807, 2.05) is 18.2 Å². The normalized spacial score (nSPS) is 16.4. The zero-order valence-electron chi connectivity index (χ0n) is 16.7. The molecule has 1 N–H and O–H groups in total. The highest BCUT2D eigenvalue weighted by Gasteiger charge is 2.28. The lowest BCUT2D eigenvalue weighted by molar-refractivity contribution is -0.134. The third-order valence-electron chi connectivity index (χ3n) is 5.01. The van der Waals surface area contributed by atoms with Gasteiger partial charge in [0, 0.05) is 32.7 Å². The van der Waals surface area contributed by atoms with E-state index in [-0.39, 0.29) is 10.8 Å². The minimum absolute atomic E-state index is 0.102. The zero-order chi connectivity index (χ0) is 20.9. The lowest BCUT2D eigenvalue weighted by Gasteiger charge is -2.36. The molecule has 2 aromatic rings. The maximum absolute atomic E-state index is 12.7. The molecule has 0 saturated carbocycles. The van der Waals surface area contributed by atoms with E-state index in [1.54, 1.807) is 24.0 Å². The van der Waals surface area contributed by atoms with Crippen LogP contribution >= 0.6 is 0 Å². The van der Waals surface area contributed by atoms with Crippen LogP contribution in [0.2, 0.25) is 0 Å². The number of hydrogen-bond acceptors (Lipinski definition) is 5. The molecule has 1 saturated heterocycles. The summed E-state index contributed by atoms with van der Waals surface area (Å²) < 4.78 is 32.6. The third-order valence-corrected chi connectivity index (χ3v) is 6.56. The standard InChI is InChI=1S/C21H27N3O4S/c1-17(22-29(26,27)20-10-8-19(28-2)9-11-20)21(25)24-14-12-23(13-15-24)16-18-6-4-3-5-7-18/h3-11,17,22H,12-16H2,1-2H3/t17-/m0/s1. The second-order valence-electron chi connectivity index (χ2n) is 7.11. The SMILES string of the molecule is COc1ccc(S(=O)(=O)N[C@@H](C)C(=O)N2CCN(Cc3ccccc3)CC2)cc1. The van der Waals surface area contributed by atoms with Crippen LogP contribution in [0.1, 0.15) is 12.5 Å². The maximum atomic E-state index is 12.7. The molecule has 1 atom stereocenters. The molecule has 156 valence electrons. The first-order valence-corrected chi connectivity index (χ1v) is 11.1. The van der Waals surface area contributed by atoms with E-state index in [0.29, 0.717) is 18.8 Å². The van der Waals surface area contributed by atoms with Crippen LogP contribution in [0.25, 0.3) is 0 Å². The van der Waals surface area contributed by atoms with Gasteiger partial charge < -0.3 is 9.64 Å². The second kappa shape index (κ2) is 9.39. The molecule has 29 heavy (non-hydrogen) atoms. The molecule has 0 aliphatic carbocycles. The van der Waals surface area contributed by atoms with Crippen molar-refractivity contribution in [2.75, 3.05) is 33.3 Å². The monoisotopic (exact) mass is 417 g/mol. The molecule has 7 nitrogen and oxygen atoms in total. The van der Waals surface area contributed by atoms with Crippen LogP contribution in [0, 0.1) is 0 Å². The Labute approximate surface area is 172 Å². The van der Waals surface area contributed by atoms with E-state index >= 15 is 0 Å². The van der Waals surface area contributed by atoms with Gasteiger partial charge in [-0.3, -0.25) is 9.69 Å². The van der Waals surface area contributed by atoms with Gasteiger partial charge in [-0.05, 0) is 36.8 Å². The molecule has 2 aromatic carbocycles. The number of piperazine rings is 1.